The molecule has 0 bridgehead atoms. The van der Waals surface area contributed by atoms with Crippen molar-refractivity contribution in [3.05, 3.63) is 144 Å². The monoisotopic (exact) mass is 710 g/mol. The van der Waals surface area contributed by atoms with Crippen molar-refractivity contribution < 1.29 is 19.5 Å². The van der Waals surface area contributed by atoms with E-state index in [1.807, 2.05) is 66.7 Å². The minimum absolute atomic E-state index is 0. The molecule has 0 radical (unpaired) electrons. The first-order chi connectivity index (χ1) is 23.3. The lowest BCUT2D eigenvalue weighted by Crippen LogP contribution is -2.27. The first kappa shape index (κ1) is 37.4. The van der Waals surface area contributed by atoms with Crippen LogP contribution in [0.15, 0.2) is 116 Å². The van der Waals surface area contributed by atoms with Crippen LogP contribution in [0.1, 0.15) is 44.4 Å². The van der Waals surface area contributed by atoms with Crippen LogP contribution < -0.4 is 22.1 Å². The van der Waals surface area contributed by atoms with E-state index in [4.69, 9.17) is 11.5 Å². The number of nitrogens with zero attached hydrogens (tertiary/aromatic N) is 2. The molecule has 12 heteroatoms. The van der Waals surface area contributed by atoms with Crippen molar-refractivity contribution in [2.24, 2.45) is 11.5 Å². The Morgan fingerprint density at radius 2 is 1.12 bits per heavy atom. The Morgan fingerprint density at radius 1 is 0.620 bits per heavy atom. The minimum atomic E-state index is -1.07. The molecule has 0 saturated carbocycles. The van der Waals surface area contributed by atoms with Crippen LogP contribution >= 0.6 is 24.8 Å². The van der Waals surface area contributed by atoms with E-state index in [1.54, 1.807) is 43.0 Å². The lowest BCUT2D eigenvalue weighted by atomic mass is 9.90. The largest absolute Gasteiger partial charge is 0.478 e. The van der Waals surface area contributed by atoms with Gasteiger partial charge in [-0.05, 0) is 81.9 Å². The van der Waals surface area contributed by atoms with Crippen LogP contribution in [0.5, 0.6) is 0 Å². The summed E-state index contributed by atoms with van der Waals surface area (Å²) in [5.41, 5.74) is 16.3. The van der Waals surface area contributed by atoms with E-state index < -0.39 is 17.8 Å². The van der Waals surface area contributed by atoms with E-state index in [9.17, 15) is 19.5 Å². The minimum Gasteiger partial charge on any atom is -0.478 e. The number of aromatic carboxylic acids is 1. The summed E-state index contributed by atoms with van der Waals surface area (Å²) in [6.07, 6.45) is 7.20. The molecule has 2 amide bonds. The number of nitrogens with two attached hydrogens (primary N) is 2. The van der Waals surface area contributed by atoms with Gasteiger partial charge in [0.05, 0.1) is 17.4 Å². The Bertz CT molecular complexity index is 2140. The summed E-state index contributed by atoms with van der Waals surface area (Å²) in [6.45, 7) is 0.135. The van der Waals surface area contributed by atoms with Gasteiger partial charge in [-0.3, -0.25) is 19.6 Å². The summed E-state index contributed by atoms with van der Waals surface area (Å²) in [4.78, 5) is 47.0. The van der Waals surface area contributed by atoms with Crippen LogP contribution in [0, 0.1) is 0 Å². The van der Waals surface area contributed by atoms with Crippen LogP contribution in [-0.4, -0.2) is 45.9 Å². The summed E-state index contributed by atoms with van der Waals surface area (Å²) >= 11 is 0. The van der Waals surface area contributed by atoms with Crippen LogP contribution in [0.25, 0.3) is 21.5 Å². The first-order valence-electron chi connectivity index (χ1n) is 15.5. The molecule has 0 aliphatic carbocycles. The van der Waals surface area contributed by atoms with Crippen molar-refractivity contribution >= 4 is 75.5 Å². The van der Waals surface area contributed by atoms with E-state index in [-0.39, 0.29) is 55.3 Å². The Labute approximate surface area is 301 Å². The number of aromatic nitrogens is 2. The topological polar surface area (TPSA) is 173 Å². The molecule has 6 aromatic rings. The third kappa shape index (κ3) is 8.42. The van der Waals surface area contributed by atoms with Gasteiger partial charge in [-0.25, -0.2) is 4.79 Å². The zero-order valence-corrected chi connectivity index (χ0v) is 28.4. The van der Waals surface area contributed by atoms with Crippen molar-refractivity contribution in [3.63, 3.8) is 0 Å². The zero-order valence-electron chi connectivity index (χ0n) is 26.8. The summed E-state index contributed by atoms with van der Waals surface area (Å²) in [6, 6.07) is 27.2. The molecule has 2 unspecified atom stereocenters. The van der Waals surface area contributed by atoms with E-state index in [1.165, 1.54) is 6.07 Å². The van der Waals surface area contributed by atoms with Crippen LogP contribution in [0.2, 0.25) is 0 Å². The van der Waals surface area contributed by atoms with Crippen molar-refractivity contribution in [1.82, 2.24) is 9.97 Å². The lowest BCUT2D eigenvalue weighted by molar-refractivity contribution is -0.118. The number of carbonyl (C=O) groups is 3. The Morgan fingerprint density at radius 3 is 1.62 bits per heavy atom. The summed E-state index contributed by atoms with van der Waals surface area (Å²) in [5, 5.41) is 19.7. The van der Waals surface area contributed by atoms with Gasteiger partial charge >= 0.3 is 5.97 Å². The predicted molar refractivity (Wildman–Crippen MR) is 201 cm³/mol. The third-order valence-corrected chi connectivity index (χ3v) is 8.46. The summed E-state index contributed by atoms with van der Waals surface area (Å²) in [7, 11) is 0. The predicted octanol–water partition coefficient (Wildman–Crippen LogP) is 6.28. The van der Waals surface area contributed by atoms with Gasteiger partial charge in [0.1, 0.15) is 0 Å². The van der Waals surface area contributed by atoms with Gasteiger partial charge in [0.25, 0.3) is 0 Å². The molecule has 0 aliphatic heterocycles. The van der Waals surface area contributed by atoms with Crippen LogP contribution in [0.3, 0.4) is 0 Å². The van der Waals surface area contributed by atoms with Gasteiger partial charge in [-0.2, -0.15) is 0 Å². The molecular formula is C38H36Cl2N6O4. The van der Waals surface area contributed by atoms with Gasteiger partial charge in [-0.1, -0.05) is 48.5 Å². The second-order valence-corrected chi connectivity index (χ2v) is 11.6. The van der Waals surface area contributed by atoms with E-state index in [0.29, 0.717) is 28.9 Å². The maximum absolute atomic E-state index is 13.4. The molecule has 0 saturated heterocycles. The summed E-state index contributed by atoms with van der Waals surface area (Å²) < 4.78 is 0. The van der Waals surface area contributed by atoms with Crippen molar-refractivity contribution in [2.45, 2.75) is 18.3 Å². The lowest BCUT2D eigenvalue weighted by Gasteiger charge is -2.18. The Balaban J connectivity index is 0.00000281. The van der Waals surface area contributed by atoms with Gasteiger partial charge in [0.15, 0.2) is 0 Å². The number of halogens is 2. The van der Waals surface area contributed by atoms with E-state index in [0.717, 1.165) is 32.7 Å². The van der Waals surface area contributed by atoms with Gasteiger partial charge in [0, 0.05) is 60.0 Å². The molecule has 6 rings (SSSR count). The molecule has 0 fully saturated rings. The molecule has 0 spiro atoms. The van der Waals surface area contributed by atoms with E-state index >= 15 is 0 Å². The van der Waals surface area contributed by atoms with Crippen LogP contribution in [-0.2, 0) is 16.0 Å². The van der Waals surface area contributed by atoms with Crippen molar-refractivity contribution in [3.8, 4) is 0 Å². The highest BCUT2D eigenvalue weighted by molar-refractivity contribution is 5.99. The van der Waals surface area contributed by atoms with Crippen molar-refractivity contribution in [1.29, 1.82) is 0 Å². The molecular weight excluding hydrogens is 675 g/mol. The fourth-order valence-corrected chi connectivity index (χ4v) is 5.84. The van der Waals surface area contributed by atoms with Gasteiger partial charge in [0.2, 0.25) is 11.8 Å². The molecule has 2 aromatic heterocycles. The van der Waals surface area contributed by atoms with E-state index in [2.05, 4.69) is 20.6 Å². The summed E-state index contributed by atoms with van der Waals surface area (Å²) in [5.74, 6) is -2.89. The maximum Gasteiger partial charge on any atom is 0.335 e. The molecule has 10 nitrogen and oxygen atoms in total. The second-order valence-electron chi connectivity index (χ2n) is 11.6. The number of carboxylic acids is 1. The average Bonchev–Trinajstić information content (AvgIpc) is 3.09. The highest BCUT2D eigenvalue weighted by Crippen LogP contribution is 2.26. The molecule has 0 aliphatic rings. The standard InChI is InChI=1S/C38H34N6O4.2ClH/c39-19-34(36(45)43-31-8-5-28-21-41-13-11-25(28)17-31)24-3-1-23(2-4-24)15-30-16-27(7-10-33(30)38(47)48)35(20-40)37(46)44-32-9-6-29-22-42-14-12-26(29)18-32;;/h1-14,16-18,21-22,34-35H,15,19-20,39-40H2,(H,43,45)(H,44,46)(H,47,48);2*1H. The smallest absolute Gasteiger partial charge is 0.335 e. The van der Waals surface area contributed by atoms with Crippen LogP contribution in [0.4, 0.5) is 11.4 Å². The number of fused-ring (bicyclic) bond motifs is 2. The van der Waals surface area contributed by atoms with Crippen molar-refractivity contribution in [2.75, 3.05) is 23.7 Å². The second kappa shape index (κ2) is 16.8. The number of pyridine rings is 2. The number of hydrogen-bond acceptors (Lipinski definition) is 7. The number of carbonyl (C=O) groups excluding carboxylic acids is 2. The molecule has 256 valence electrons. The number of benzene rings is 4. The quantitative estimate of drug-likeness (QED) is 0.105. The SMILES string of the molecule is Cl.Cl.NCC(C(=O)Nc1ccc2cnccc2c1)c1ccc(Cc2cc(C(CN)C(=O)Nc3ccc4cnccc4c3)ccc2C(=O)O)cc1. The Hall–Kier alpha value is -5.39. The van der Waals surface area contributed by atoms with Gasteiger partial charge in [-0.15, -0.1) is 24.8 Å². The fraction of sp³-hybridized carbons (Fsp3) is 0.132. The normalized spacial score (nSPS) is 11.9. The molecule has 4 aromatic carbocycles. The fourth-order valence-electron chi connectivity index (χ4n) is 5.84. The van der Waals surface area contributed by atoms with Gasteiger partial charge < -0.3 is 27.2 Å². The number of carboxylic acid groups (broad SMARTS) is 1. The average molecular weight is 712 g/mol. The zero-order chi connectivity index (χ0) is 33.6. The third-order valence-electron chi connectivity index (χ3n) is 8.46. The first-order valence-corrected chi connectivity index (χ1v) is 15.5. The number of hydrogen-bond donors (Lipinski definition) is 5. The number of nitrogens with one attached hydrogen (secondary N) is 2. The molecule has 2 atom stereocenters. The molecule has 50 heavy (non-hydrogen) atoms. The maximum atomic E-state index is 13.4. The number of anilines is 2. The number of rotatable bonds is 11. The highest BCUT2D eigenvalue weighted by atomic mass is 35.5. The number of amides is 2. The Kier molecular flexibility index (Phi) is 12.6. The highest BCUT2D eigenvalue weighted by Gasteiger charge is 2.23. The molecule has 2 heterocycles. The molecule has 7 N–H and O–H groups in total.